The van der Waals surface area contributed by atoms with Crippen molar-refractivity contribution in [3.63, 3.8) is 0 Å². The second-order valence-electron chi connectivity index (χ2n) is 4.61. The van der Waals surface area contributed by atoms with E-state index in [0.29, 0.717) is 5.41 Å². The van der Waals surface area contributed by atoms with Crippen molar-refractivity contribution in [3.05, 3.63) is 30.7 Å². The number of rotatable bonds is 1. The number of hydrogen-bond acceptors (Lipinski definition) is 0. The minimum absolute atomic E-state index is 0.356. The van der Waals surface area contributed by atoms with Gasteiger partial charge in [0.2, 0.25) is 0 Å². The molecule has 2 rings (SSSR count). The predicted octanol–water partition coefficient (Wildman–Crippen LogP) is 3.90. The summed E-state index contributed by atoms with van der Waals surface area (Å²) >= 11 is 0. The third-order valence-corrected chi connectivity index (χ3v) is 3.62. The number of hydrogen-bond donors (Lipinski definition) is 0. The Balaban J connectivity index is 2.04. The number of allylic oxidation sites excluding steroid dienone is 4. The summed E-state index contributed by atoms with van der Waals surface area (Å²) in [6, 6.07) is 0. The Labute approximate surface area is 81.7 Å². The lowest BCUT2D eigenvalue weighted by Crippen LogP contribution is -2.28. The van der Waals surface area contributed by atoms with Gasteiger partial charge in [-0.3, -0.25) is 0 Å². The van der Waals surface area contributed by atoms with E-state index in [1.54, 1.807) is 0 Å². The Morgan fingerprint density at radius 1 is 1.00 bits per heavy atom. The molecule has 1 fully saturated rings. The van der Waals surface area contributed by atoms with Crippen molar-refractivity contribution in [2.45, 2.75) is 39.0 Å². The van der Waals surface area contributed by atoms with E-state index < -0.39 is 0 Å². The van der Waals surface area contributed by atoms with E-state index in [2.05, 4.69) is 37.6 Å². The fourth-order valence-corrected chi connectivity index (χ4v) is 2.64. The molecule has 0 heterocycles. The topological polar surface area (TPSA) is 0 Å². The van der Waals surface area contributed by atoms with Crippen LogP contribution in [0, 0.1) is 17.8 Å². The second kappa shape index (κ2) is 3.69. The molecule has 0 spiro atoms. The molecule has 2 aliphatic carbocycles. The summed E-state index contributed by atoms with van der Waals surface area (Å²) in [5, 5.41) is 0. The van der Waals surface area contributed by atoms with E-state index in [9.17, 15) is 0 Å². The highest BCUT2D eigenvalue weighted by Crippen LogP contribution is 2.42. The summed E-state index contributed by atoms with van der Waals surface area (Å²) in [5.41, 5.74) is 0.356. The molecule has 1 unspecified atom stereocenters. The van der Waals surface area contributed by atoms with Crippen molar-refractivity contribution in [2.24, 2.45) is 11.3 Å². The van der Waals surface area contributed by atoms with E-state index in [-0.39, 0.29) is 0 Å². The Morgan fingerprint density at radius 3 is 2.38 bits per heavy atom. The Bertz CT molecular complexity index is 218. The minimum Gasteiger partial charge on any atom is -0.0799 e. The SMILES string of the molecule is CC1(C2CCCCC2)[CH]C=CC=C1. The minimum atomic E-state index is 0.356. The molecule has 13 heavy (non-hydrogen) atoms. The van der Waals surface area contributed by atoms with Gasteiger partial charge in [-0.25, -0.2) is 0 Å². The first-order chi connectivity index (χ1) is 6.31. The molecular weight excluding hydrogens is 156 g/mol. The van der Waals surface area contributed by atoms with Crippen LogP contribution in [0.2, 0.25) is 0 Å². The van der Waals surface area contributed by atoms with Gasteiger partial charge in [0.15, 0.2) is 0 Å². The fourth-order valence-electron chi connectivity index (χ4n) is 2.64. The molecule has 0 aromatic carbocycles. The predicted molar refractivity (Wildman–Crippen MR) is 57.3 cm³/mol. The van der Waals surface area contributed by atoms with Gasteiger partial charge in [0.25, 0.3) is 0 Å². The van der Waals surface area contributed by atoms with Crippen LogP contribution < -0.4 is 0 Å². The maximum Gasteiger partial charge on any atom is -0.00464 e. The van der Waals surface area contributed by atoms with Crippen molar-refractivity contribution in [3.8, 4) is 0 Å². The zero-order valence-electron chi connectivity index (χ0n) is 8.50. The second-order valence-corrected chi connectivity index (χ2v) is 4.61. The van der Waals surface area contributed by atoms with Gasteiger partial charge in [-0.2, -0.15) is 0 Å². The van der Waals surface area contributed by atoms with Gasteiger partial charge in [0.05, 0.1) is 0 Å². The highest BCUT2D eigenvalue weighted by molar-refractivity contribution is 5.25. The highest BCUT2D eigenvalue weighted by atomic mass is 14.4. The van der Waals surface area contributed by atoms with Crippen molar-refractivity contribution >= 4 is 0 Å². The molecule has 0 amide bonds. The molecular formula is C13H19. The van der Waals surface area contributed by atoms with E-state index in [4.69, 9.17) is 0 Å². The quantitative estimate of drug-likeness (QED) is 0.567. The normalized spacial score (nSPS) is 35.2. The molecule has 0 aliphatic heterocycles. The Kier molecular flexibility index (Phi) is 2.57. The van der Waals surface area contributed by atoms with Crippen molar-refractivity contribution < 1.29 is 0 Å². The molecule has 0 nitrogen and oxygen atoms in total. The van der Waals surface area contributed by atoms with Crippen molar-refractivity contribution in [1.29, 1.82) is 0 Å². The maximum atomic E-state index is 2.38. The third-order valence-electron chi connectivity index (χ3n) is 3.62. The van der Waals surface area contributed by atoms with Crippen LogP contribution in [0.3, 0.4) is 0 Å². The lowest BCUT2D eigenvalue weighted by atomic mass is 9.67. The highest BCUT2D eigenvalue weighted by Gasteiger charge is 2.32. The van der Waals surface area contributed by atoms with Crippen molar-refractivity contribution in [1.82, 2.24) is 0 Å². The zero-order chi connectivity index (χ0) is 9.15. The summed E-state index contributed by atoms with van der Waals surface area (Å²) in [7, 11) is 0. The van der Waals surface area contributed by atoms with Crippen LogP contribution in [0.5, 0.6) is 0 Å². The molecule has 0 heteroatoms. The fraction of sp³-hybridized carbons (Fsp3) is 0.615. The summed E-state index contributed by atoms with van der Waals surface area (Å²) in [6.07, 6.45) is 18.5. The summed E-state index contributed by atoms with van der Waals surface area (Å²) in [6.45, 7) is 2.38. The lowest BCUT2D eigenvalue weighted by Gasteiger charge is -2.38. The molecule has 0 aromatic heterocycles. The standard InChI is InChI=1S/C13H19/c1-13(10-6-3-7-11-13)12-8-4-2-5-9-12/h3,6-7,10-12H,2,4-5,8-9H2,1H3. The van der Waals surface area contributed by atoms with Gasteiger partial charge in [-0.15, -0.1) is 0 Å². The van der Waals surface area contributed by atoms with Gasteiger partial charge in [0.1, 0.15) is 0 Å². The van der Waals surface area contributed by atoms with E-state index in [1.807, 2.05) is 0 Å². The molecule has 0 N–H and O–H groups in total. The van der Waals surface area contributed by atoms with Gasteiger partial charge in [-0.1, -0.05) is 50.5 Å². The Morgan fingerprint density at radius 2 is 1.77 bits per heavy atom. The van der Waals surface area contributed by atoms with Crippen LogP contribution in [-0.2, 0) is 0 Å². The van der Waals surface area contributed by atoms with E-state index >= 15 is 0 Å². The summed E-state index contributed by atoms with van der Waals surface area (Å²) in [4.78, 5) is 0. The van der Waals surface area contributed by atoms with Crippen LogP contribution in [-0.4, -0.2) is 0 Å². The first-order valence-electron chi connectivity index (χ1n) is 5.52. The third kappa shape index (κ3) is 1.87. The lowest BCUT2D eigenvalue weighted by molar-refractivity contribution is 0.226. The first-order valence-corrected chi connectivity index (χ1v) is 5.52. The van der Waals surface area contributed by atoms with E-state index in [0.717, 1.165) is 5.92 Å². The zero-order valence-corrected chi connectivity index (χ0v) is 8.50. The van der Waals surface area contributed by atoms with Gasteiger partial charge >= 0.3 is 0 Å². The molecule has 2 aliphatic rings. The summed E-state index contributed by atoms with van der Waals surface area (Å²) in [5.74, 6) is 0.891. The van der Waals surface area contributed by atoms with Crippen molar-refractivity contribution in [2.75, 3.05) is 0 Å². The van der Waals surface area contributed by atoms with E-state index in [1.165, 1.54) is 32.1 Å². The van der Waals surface area contributed by atoms with Crippen LogP contribution >= 0.6 is 0 Å². The Hall–Kier alpha value is -0.520. The molecule has 1 radical (unpaired) electrons. The molecule has 1 saturated carbocycles. The average Bonchev–Trinajstić information content (AvgIpc) is 2.20. The molecule has 0 saturated heterocycles. The first kappa shape index (κ1) is 9.05. The maximum absolute atomic E-state index is 2.38. The average molecular weight is 175 g/mol. The van der Waals surface area contributed by atoms with Gasteiger partial charge < -0.3 is 0 Å². The molecule has 71 valence electrons. The molecule has 0 bridgehead atoms. The largest absolute Gasteiger partial charge is 0.0799 e. The monoisotopic (exact) mass is 175 g/mol. The van der Waals surface area contributed by atoms with Gasteiger partial charge in [0, 0.05) is 0 Å². The van der Waals surface area contributed by atoms with Crippen LogP contribution in [0.1, 0.15) is 39.0 Å². The van der Waals surface area contributed by atoms with Gasteiger partial charge in [-0.05, 0) is 30.6 Å². The molecule has 0 aromatic rings. The van der Waals surface area contributed by atoms with Crippen LogP contribution in [0.25, 0.3) is 0 Å². The van der Waals surface area contributed by atoms with Crippen LogP contribution in [0.15, 0.2) is 24.3 Å². The summed E-state index contributed by atoms with van der Waals surface area (Å²) < 4.78 is 0. The smallest absolute Gasteiger partial charge is 0.00464 e. The van der Waals surface area contributed by atoms with Crippen LogP contribution in [0.4, 0.5) is 0 Å². The molecule has 1 atom stereocenters.